The van der Waals surface area contributed by atoms with Gasteiger partial charge in [-0.3, -0.25) is 0 Å². The Morgan fingerprint density at radius 2 is 1.83 bits per heavy atom. The van der Waals surface area contributed by atoms with E-state index in [1.54, 1.807) is 7.11 Å². The number of benzene rings is 1. The third-order valence-corrected chi connectivity index (χ3v) is 3.38. The molecule has 1 aromatic carbocycles. The average molecular weight is 250 g/mol. The molecule has 1 rings (SSSR count). The standard InChI is InChI=1S/C15H26N2O/c1-12-10-14(15(18-5)11-13(12)2)17(4)9-7-6-8-16-3/h10-11,16H,6-9H2,1-5H3. The first kappa shape index (κ1) is 14.8. The number of unbranched alkanes of at least 4 members (excludes halogenated alkanes) is 1. The second kappa shape index (κ2) is 7.27. The molecule has 0 spiro atoms. The van der Waals surface area contributed by atoms with E-state index < -0.39 is 0 Å². The van der Waals surface area contributed by atoms with Crippen molar-refractivity contribution in [2.24, 2.45) is 0 Å². The van der Waals surface area contributed by atoms with Crippen LogP contribution in [-0.2, 0) is 0 Å². The Kier molecular flexibility index (Phi) is 5.99. The molecule has 3 heteroatoms. The summed E-state index contributed by atoms with van der Waals surface area (Å²) in [6, 6.07) is 4.33. The molecule has 0 aliphatic carbocycles. The third kappa shape index (κ3) is 3.91. The topological polar surface area (TPSA) is 24.5 Å². The molecule has 0 fully saturated rings. The molecule has 0 aliphatic rings. The summed E-state index contributed by atoms with van der Waals surface area (Å²) >= 11 is 0. The number of hydrogen-bond donors (Lipinski definition) is 1. The minimum Gasteiger partial charge on any atom is -0.495 e. The second-order valence-corrected chi connectivity index (χ2v) is 4.84. The average Bonchev–Trinajstić information content (AvgIpc) is 2.37. The summed E-state index contributed by atoms with van der Waals surface area (Å²) in [5.74, 6) is 0.967. The van der Waals surface area contributed by atoms with Gasteiger partial charge in [0.2, 0.25) is 0 Å². The van der Waals surface area contributed by atoms with Crippen LogP contribution in [0.25, 0.3) is 0 Å². The molecule has 0 amide bonds. The van der Waals surface area contributed by atoms with Gasteiger partial charge in [0.25, 0.3) is 0 Å². The maximum absolute atomic E-state index is 5.48. The first-order valence-corrected chi connectivity index (χ1v) is 6.61. The lowest BCUT2D eigenvalue weighted by molar-refractivity contribution is 0.414. The van der Waals surface area contributed by atoms with Crippen molar-refractivity contribution in [1.82, 2.24) is 5.32 Å². The fraction of sp³-hybridized carbons (Fsp3) is 0.600. The molecular formula is C15H26N2O. The molecule has 0 saturated carbocycles. The lowest BCUT2D eigenvalue weighted by Gasteiger charge is -2.23. The fourth-order valence-electron chi connectivity index (χ4n) is 2.01. The van der Waals surface area contributed by atoms with E-state index >= 15 is 0 Å². The largest absolute Gasteiger partial charge is 0.495 e. The summed E-state index contributed by atoms with van der Waals surface area (Å²) < 4.78 is 5.48. The predicted molar refractivity (Wildman–Crippen MR) is 78.9 cm³/mol. The highest BCUT2D eigenvalue weighted by atomic mass is 16.5. The van der Waals surface area contributed by atoms with Gasteiger partial charge in [0.1, 0.15) is 5.75 Å². The number of methoxy groups -OCH3 is 1. The van der Waals surface area contributed by atoms with Gasteiger partial charge in [0.05, 0.1) is 12.8 Å². The van der Waals surface area contributed by atoms with Gasteiger partial charge in [0.15, 0.2) is 0 Å². The van der Waals surface area contributed by atoms with E-state index in [-0.39, 0.29) is 0 Å². The number of nitrogens with zero attached hydrogens (tertiary/aromatic N) is 1. The Hall–Kier alpha value is -1.22. The molecule has 1 N–H and O–H groups in total. The molecule has 0 aliphatic heterocycles. The Bertz CT molecular complexity index is 377. The maximum atomic E-state index is 5.48. The zero-order valence-corrected chi connectivity index (χ0v) is 12.3. The molecule has 0 bridgehead atoms. The number of rotatable bonds is 7. The zero-order chi connectivity index (χ0) is 13.5. The van der Waals surface area contributed by atoms with E-state index in [2.05, 4.69) is 43.2 Å². The molecule has 0 saturated heterocycles. The van der Waals surface area contributed by atoms with Gasteiger partial charge in [-0.25, -0.2) is 0 Å². The van der Waals surface area contributed by atoms with Crippen LogP contribution >= 0.6 is 0 Å². The number of aryl methyl sites for hydroxylation is 2. The first-order valence-electron chi connectivity index (χ1n) is 6.61. The van der Waals surface area contributed by atoms with Crippen LogP contribution in [0.15, 0.2) is 12.1 Å². The maximum Gasteiger partial charge on any atom is 0.142 e. The van der Waals surface area contributed by atoms with Crippen molar-refractivity contribution in [2.75, 3.05) is 39.2 Å². The highest BCUT2D eigenvalue weighted by Crippen LogP contribution is 2.30. The predicted octanol–water partition coefficient (Wildman–Crippen LogP) is 2.75. The minimum atomic E-state index is 0.967. The van der Waals surface area contributed by atoms with Crippen LogP contribution < -0.4 is 15.0 Å². The van der Waals surface area contributed by atoms with E-state index in [0.29, 0.717) is 0 Å². The third-order valence-electron chi connectivity index (χ3n) is 3.38. The zero-order valence-electron chi connectivity index (χ0n) is 12.3. The Labute approximate surface area is 111 Å². The monoisotopic (exact) mass is 250 g/mol. The highest BCUT2D eigenvalue weighted by molar-refractivity contribution is 5.61. The quantitative estimate of drug-likeness (QED) is 0.753. The van der Waals surface area contributed by atoms with Crippen LogP contribution in [0.3, 0.4) is 0 Å². The lowest BCUT2D eigenvalue weighted by atomic mass is 10.1. The van der Waals surface area contributed by atoms with Crippen molar-refractivity contribution >= 4 is 5.69 Å². The van der Waals surface area contributed by atoms with Crippen LogP contribution in [0, 0.1) is 13.8 Å². The molecule has 0 heterocycles. The van der Waals surface area contributed by atoms with Gasteiger partial charge in [-0.1, -0.05) is 0 Å². The van der Waals surface area contributed by atoms with Crippen molar-refractivity contribution < 1.29 is 4.74 Å². The normalized spacial score (nSPS) is 10.5. The number of anilines is 1. The summed E-state index contributed by atoms with van der Waals surface area (Å²) in [4.78, 5) is 2.28. The summed E-state index contributed by atoms with van der Waals surface area (Å²) in [5, 5.41) is 3.18. The van der Waals surface area contributed by atoms with E-state index in [9.17, 15) is 0 Å². The highest BCUT2D eigenvalue weighted by Gasteiger charge is 2.09. The number of nitrogens with one attached hydrogen (secondary N) is 1. The number of ether oxygens (including phenoxy) is 1. The van der Waals surface area contributed by atoms with Gasteiger partial charge < -0.3 is 15.0 Å². The molecule has 0 atom stereocenters. The van der Waals surface area contributed by atoms with Crippen molar-refractivity contribution in [2.45, 2.75) is 26.7 Å². The van der Waals surface area contributed by atoms with E-state index in [1.807, 2.05) is 7.05 Å². The van der Waals surface area contributed by atoms with Crippen molar-refractivity contribution in [3.8, 4) is 5.75 Å². The van der Waals surface area contributed by atoms with Crippen LogP contribution in [0.4, 0.5) is 5.69 Å². The lowest BCUT2D eigenvalue weighted by Crippen LogP contribution is -2.20. The first-order chi connectivity index (χ1) is 8.60. The second-order valence-electron chi connectivity index (χ2n) is 4.84. The fourth-order valence-corrected chi connectivity index (χ4v) is 2.01. The Balaban J connectivity index is 2.71. The van der Waals surface area contributed by atoms with Crippen molar-refractivity contribution in [3.63, 3.8) is 0 Å². The molecule has 1 aromatic rings. The molecule has 3 nitrogen and oxygen atoms in total. The van der Waals surface area contributed by atoms with Crippen molar-refractivity contribution in [3.05, 3.63) is 23.3 Å². The van der Waals surface area contributed by atoms with Crippen LogP contribution in [0.1, 0.15) is 24.0 Å². The van der Waals surface area contributed by atoms with Crippen molar-refractivity contribution in [1.29, 1.82) is 0 Å². The summed E-state index contributed by atoms with van der Waals surface area (Å²) in [6.45, 7) is 6.40. The smallest absolute Gasteiger partial charge is 0.142 e. The van der Waals surface area contributed by atoms with Gasteiger partial charge in [-0.15, -0.1) is 0 Å². The van der Waals surface area contributed by atoms with Gasteiger partial charge in [-0.2, -0.15) is 0 Å². The van der Waals surface area contributed by atoms with E-state index in [0.717, 1.165) is 18.8 Å². The molecule has 18 heavy (non-hydrogen) atoms. The van der Waals surface area contributed by atoms with Crippen LogP contribution in [-0.4, -0.2) is 34.3 Å². The molecular weight excluding hydrogens is 224 g/mol. The number of hydrogen-bond acceptors (Lipinski definition) is 3. The molecule has 0 aromatic heterocycles. The molecule has 102 valence electrons. The van der Waals surface area contributed by atoms with E-state index in [1.165, 1.54) is 29.7 Å². The van der Waals surface area contributed by atoms with Gasteiger partial charge in [0, 0.05) is 13.6 Å². The van der Waals surface area contributed by atoms with Gasteiger partial charge >= 0.3 is 0 Å². The minimum absolute atomic E-state index is 0.967. The SMILES string of the molecule is CNCCCCN(C)c1cc(C)c(C)cc1OC. The van der Waals surface area contributed by atoms with Crippen LogP contribution in [0.2, 0.25) is 0 Å². The summed E-state index contributed by atoms with van der Waals surface area (Å²) in [7, 11) is 5.87. The molecule has 0 radical (unpaired) electrons. The molecule has 0 unspecified atom stereocenters. The van der Waals surface area contributed by atoms with Crippen LogP contribution in [0.5, 0.6) is 5.75 Å². The van der Waals surface area contributed by atoms with E-state index in [4.69, 9.17) is 4.74 Å². The van der Waals surface area contributed by atoms with Gasteiger partial charge in [-0.05, 0) is 63.5 Å². The Morgan fingerprint density at radius 3 is 2.44 bits per heavy atom. The summed E-state index contributed by atoms with van der Waals surface area (Å²) in [6.07, 6.45) is 2.39. The Morgan fingerprint density at radius 1 is 1.17 bits per heavy atom. The summed E-state index contributed by atoms with van der Waals surface area (Å²) in [5.41, 5.74) is 3.78.